The standard InChI is InChI=1S/C23H21FN4O2/c24-16-10-8-15(9-11-16)13-17-14-25-22(30-17)20-7-3-4-12-28(20)23(29)21-18-5-1-2-6-19(18)26-27-21/h1-2,5-6,8-11,14,20H,3-4,7,12-13H2,(H,26,27). The number of amides is 1. The first-order chi connectivity index (χ1) is 14.7. The maximum Gasteiger partial charge on any atom is 0.275 e. The summed E-state index contributed by atoms with van der Waals surface area (Å²) in [4.78, 5) is 19.6. The van der Waals surface area contributed by atoms with E-state index in [1.54, 1.807) is 18.3 Å². The van der Waals surface area contributed by atoms with Gasteiger partial charge in [-0.1, -0.05) is 30.3 Å². The number of carbonyl (C=O) groups is 1. The number of hydrogen-bond donors (Lipinski definition) is 1. The molecule has 1 aliphatic rings. The SMILES string of the molecule is O=C(c1n[nH]c2ccccc12)N1CCCCC1c1ncc(Cc2ccc(F)cc2)o1. The average molecular weight is 404 g/mol. The molecule has 1 unspecified atom stereocenters. The van der Waals surface area contributed by atoms with Crippen LogP contribution in [0.3, 0.4) is 0 Å². The predicted molar refractivity (Wildman–Crippen MR) is 109 cm³/mol. The molecule has 0 spiro atoms. The first kappa shape index (κ1) is 18.5. The minimum absolute atomic E-state index is 0.115. The van der Waals surface area contributed by atoms with Gasteiger partial charge in [-0.2, -0.15) is 5.10 Å². The Labute approximate surface area is 172 Å². The number of nitrogens with one attached hydrogen (secondary N) is 1. The summed E-state index contributed by atoms with van der Waals surface area (Å²) in [5.74, 6) is 0.856. The van der Waals surface area contributed by atoms with Crippen molar-refractivity contribution in [2.45, 2.75) is 31.7 Å². The zero-order valence-electron chi connectivity index (χ0n) is 16.3. The molecule has 6 nitrogen and oxygen atoms in total. The minimum Gasteiger partial charge on any atom is -0.443 e. The van der Waals surface area contributed by atoms with Crippen LogP contribution < -0.4 is 0 Å². The lowest BCUT2D eigenvalue weighted by atomic mass is 10.0. The number of oxazole rings is 1. The Morgan fingerprint density at radius 3 is 2.87 bits per heavy atom. The van der Waals surface area contributed by atoms with E-state index in [9.17, 15) is 9.18 Å². The molecule has 0 aliphatic carbocycles. The van der Waals surface area contributed by atoms with Gasteiger partial charge < -0.3 is 9.32 Å². The molecule has 0 saturated carbocycles. The van der Waals surface area contributed by atoms with E-state index in [1.165, 1.54) is 12.1 Å². The normalized spacial score (nSPS) is 16.8. The molecule has 30 heavy (non-hydrogen) atoms. The van der Waals surface area contributed by atoms with Crippen molar-refractivity contribution in [1.82, 2.24) is 20.1 Å². The molecule has 5 rings (SSSR count). The number of nitrogens with zero attached hydrogens (tertiary/aromatic N) is 3. The van der Waals surface area contributed by atoms with Gasteiger partial charge >= 0.3 is 0 Å². The molecule has 1 amide bonds. The summed E-state index contributed by atoms with van der Waals surface area (Å²) in [6.07, 6.45) is 4.96. The van der Waals surface area contributed by atoms with E-state index in [0.717, 1.165) is 35.7 Å². The fourth-order valence-electron chi connectivity index (χ4n) is 4.06. The number of piperidine rings is 1. The number of para-hydroxylation sites is 1. The van der Waals surface area contributed by atoms with Crippen LogP contribution in [0.1, 0.15) is 53.0 Å². The smallest absolute Gasteiger partial charge is 0.275 e. The molecule has 1 saturated heterocycles. The molecule has 7 heteroatoms. The number of fused-ring (bicyclic) bond motifs is 1. The van der Waals surface area contributed by atoms with Gasteiger partial charge in [-0.3, -0.25) is 9.89 Å². The molecule has 152 valence electrons. The molecule has 2 aromatic carbocycles. The number of carbonyl (C=O) groups excluding carboxylic acids is 1. The highest BCUT2D eigenvalue weighted by Crippen LogP contribution is 2.33. The molecule has 1 atom stereocenters. The van der Waals surface area contributed by atoms with Crippen LogP contribution >= 0.6 is 0 Å². The van der Waals surface area contributed by atoms with Crippen LogP contribution in [-0.4, -0.2) is 32.5 Å². The van der Waals surface area contributed by atoms with Crippen molar-refractivity contribution >= 4 is 16.8 Å². The lowest BCUT2D eigenvalue weighted by Crippen LogP contribution is -2.39. The molecular weight excluding hydrogens is 383 g/mol. The monoisotopic (exact) mass is 404 g/mol. The second-order valence-electron chi connectivity index (χ2n) is 7.60. The van der Waals surface area contributed by atoms with Crippen LogP contribution in [-0.2, 0) is 6.42 Å². The minimum atomic E-state index is -0.265. The molecule has 0 bridgehead atoms. The molecule has 1 aliphatic heterocycles. The summed E-state index contributed by atoms with van der Waals surface area (Å²) in [5.41, 5.74) is 2.21. The van der Waals surface area contributed by atoms with Gasteiger partial charge in [-0.25, -0.2) is 9.37 Å². The number of aromatic amines is 1. The zero-order chi connectivity index (χ0) is 20.5. The molecule has 2 aromatic heterocycles. The molecule has 0 radical (unpaired) electrons. The van der Waals surface area contributed by atoms with Gasteiger partial charge in [0, 0.05) is 18.4 Å². The highest BCUT2D eigenvalue weighted by Gasteiger charge is 2.33. The van der Waals surface area contributed by atoms with Crippen molar-refractivity contribution in [2.75, 3.05) is 6.54 Å². The second-order valence-corrected chi connectivity index (χ2v) is 7.60. The van der Waals surface area contributed by atoms with Crippen LogP contribution in [0.4, 0.5) is 4.39 Å². The average Bonchev–Trinajstić information content (AvgIpc) is 3.42. The number of rotatable bonds is 4. The largest absolute Gasteiger partial charge is 0.443 e. The van der Waals surface area contributed by atoms with Crippen LogP contribution in [0.5, 0.6) is 0 Å². The van der Waals surface area contributed by atoms with Crippen molar-refractivity contribution in [3.05, 3.63) is 83.5 Å². The van der Waals surface area contributed by atoms with Crippen molar-refractivity contribution in [3.8, 4) is 0 Å². The Hall–Kier alpha value is -3.48. The van der Waals surface area contributed by atoms with E-state index in [1.807, 2.05) is 29.2 Å². The summed E-state index contributed by atoms with van der Waals surface area (Å²) in [5, 5.41) is 8.02. The van der Waals surface area contributed by atoms with Gasteiger partial charge in [0.25, 0.3) is 5.91 Å². The van der Waals surface area contributed by atoms with Crippen molar-refractivity contribution in [2.24, 2.45) is 0 Å². The number of benzene rings is 2. The zero-order valence-corrected chi connectivity index (χ0v) is 16.3. The highest BCUT2D eigenvalue weighted by molar-refractivity contribution is 6.04. The van der Waals surface area contributed by atoms with Crippen LogP contribution in [0.25, 0.3) is 10.9 Å². The van der Waals surface area contributed by atoms with E-state index in [4.69, 9.17) is 4.42 Å². The lowest BCUT2D eigenvalue weighted by Gasteiger charge is -2.33. The van der Waals surface area contributed by atoms with E-state index in [-0.39, 0.29) is 17.8 Å². The van der Waals surface area contributed by atoms with E-state index in [2.05, 4.69) is 15.2 Å². The summed E-state index contributed by atoms with van der Waals surface area (Å²) >= 11 is 0. The summed E-state index contributed by atoms with van der Waals surface area (Å²) in [7, 11) is 0. The second kappa shape index (κ2) is 7.74. The van der Waals surface area contributed by atoms with Crippen LogP contribution in [0, 0.1) is 5.82 Å². The van der Waals surface area contributed by atoms with Gasteiger partial charge in [-0.05, 0) is 43.0 Å². The first-order valence-corrected chi connectivity index (χ1v) is 10.1. The Kier molecular flexibility index (Phi) is 4.78. The van der Waals surface area contributed by atoms with Crippen LogP contribution in [0.15, 0.2) is 59.1 Å². The van der Waals surface area contributed by atoms with Gasteiger partial charge in [0.1, 0.15) is 17.6 Å². The Balaban J connectivity index is 1.39. The van der Waals surface area contributed by atoms with E-state index in [0.29, 0.717) is 30.3 Å². The quantitative estimate of drug-likeness (QED) is 0.537. The third kappa shape index (κ3) is 3.47. The fraction of sp³-hybridized carbons (Fsp3) is 0.261. The van der Waals surface area contributed by atoms with Gasteiger partial charge in [0.05, 0.1) is 11.7 Å². The lowest BCUT2D eigenvalue weighted by molar-refractivity contribution is 0.0566. The first-order valence-electron chi connectivity index (χ1n) is 10.1. The summed E-state index contributed by atoms with van der Waals surface area (Å²) < 4.78 is 19.1. The summed E-state index contributed by atoms with van der Waals surface area (Å²) in [6.45, 7) is 0.639. The summed E-state index contributed by atoms with van der Waals surface area (Å²) in [6, 6.07) is 13.7. The van der Waals surface area contributed by atoms with Crippen molar-refractivity contribution in [3.63, 3.8) is 0 Å². The topological polar surface area (TPSA) is 75.0 Å². The number of hydrogen-bond acceptors (Lipinski definition) is 4. The fourth-order valence-corrected chi connectivity index (χ4v) is 4.06. The van der Waals surface area contributed by atoms with E-state index < -0.39 is 0 Å². The highest BCUT2D eigenvalue weighted by atomic mass is 19.1. The molecular formula is C23H21FN4O2. The number of aromatic nitrogens is 3. The molecule has 1 fully saturated rings. The number of likely N-dealkylation sites (tertiary alicyclic amines) is 1. The third-order valence-electron chi connectivity index (χ3n) is 5.58. The van der Waals surface area contributed by atoms with E-state index >= 15 is 0 Å². The molecule has 1 N–H and O–H groups in total. The van der Waals surface area contributed by atoms with Gasteiger partial charge in [-0.15, -0.1) is 0 Å². The maximum atomic E-state index is 13.3. The molecule has 4 aromatic rings. The number of H-pyrrole nitrogens is 1. The Morgan fingerprint density at radius 1 is 1.17 bits per heavy atom. The molecule has 3 heterocycles. The Morgan fingerprint density at radius 2 is 2.00 bits per heavy atom. The third-order valence-corrected chi connectivity index (χ3v) is 5.58. The van der Waals surface area contributed by atoms with Gasteiger partial charge in [0.15, 0.2) is 5.69 Å². The predicted octanol–water partition coefficient (Wildman–Crippen LogP) is 4.65. The van der Waals surface area contributed by atoms with Crippen LogP contribution in [0.2, 0.25) is 0 Å². The number of halogens is 1. The Bertz CT molecular complexity index is 1180. The van der Waals surface area contributed by atoms with Crippen molar-refractivity contribution in [1.29, 1.82) is 0 Å². The van der Waals surface area contributed by atoms with Gasteiger partial charge in [0.2, 0.25) is 5.89 Å². The maximum absolute atomic E-state index is 13.3. The van der Waals surface area contributed by atoms with Crippen molar-refractivity contribution < 1.29 is 13.6 Å².